The summed E-state index contributed by atoms with van der Waals surface area (Å²) in [5.74, 6) is 1.51. The van der Waals surface area contributed by atoms with E-state index in [-0.39, 0.29) is 6.03 Å². The Morgan fingerprint density at radius 2 is 1.91 bits per heavy atom. The summed E-state index contributed by atoms with van der Waals surface area (Å²) in [6.45, 7) is 4.73. The largest absolute Gasteiger partial charge is 0.497 e. The van der Waals surface area contributed by atoms with Crippen LogP contribution in [-0.2, 0) is 4.74 Å². The molecule has 8 heteroatoms. The van der Waals surface area contributed by atoms with Gasteiger partial charge in [-0.2, -0.15) is 4.98 Å². The number of hydrogen-bond acceptors (Lipinski definition) is 6. The molecule has 1 atom stereocenters. The van der Waals surface area contributed by atoms with Gasteiger partial charge in [-0.05, 0) is 31.5 Å². The molecule has 0 aliphatic carbocycles. The first kappa shape index (κ1) is 21.6. The van der Waals surface area contributed by atoms with Crippen molar-refractivity contribution < 1.29 is 18.8 Å². The fraction of sp³-hybridized carbons (Fsp3) is 0.292. The summed E-state index contributed by atoms with van der Waals surface area (Å²) in [6, 6.07) is 14.9. The van der Waals surface area contributed by atoms with Crippen molar-refractivity contribution in [2.24, 2.45) is 0 Å². The quantitative estimate of drug-likeness (QED) is 0.600. The molecule has 1 unspecified atom stereocenters. The van der Waals surface area contributed by atoms with Crippen LogP contribution in [0.25, 0.3) is 17.0 Å². The van der Waals surface area contributed by atoms with Crippen LogP contribution in [0.2, 0.25) is 0 Å². The minimum absolute atomic E-state index is 0.193. The van der Waals surface area contributed by atoms with E-state index in [1.165, 1.54) is 0 Å². The van der Waals surface area contributed by atoms with Crippen molar-refractivity contribution in [2.75, 3.05) is 27.4 Å². The number of nitrogens with one attached hydrogen (secondary N) is 1. The standard InChI is InChI=1S/C24H26N4O4/c1-15-8-10-17(11-9-15)21-20(16(2)28(12-13-30-3)24(29)25-21)23-26-22(27-32-23)18-6-5-7-19(14-18)31-4/h5-11,14,21H,12-13H2,1-4H3,(H,25,29). The Kier molecular flexibility index (Phi) is 6.23. The number of benzene rings is 2. The van der Waals surface area contributed by atoms with Crippen molar-refractivity contribution in [2.45, 2.75) is 19.9 Å². The fourth-order valence-corrected chi connectivity index (χ4v) is 3.73. The second-order valence-electron chi connectivity index (χ2n) is 7.59. The molecular weight excluding hydrogens is 408 g/mol. The van der Waals surface area contributed by atoms with Crippen molar-refractivity contribution in [1.29, 1.82) is 0 Å². The lowest BCUT2D eigenvalue weighted by Gasteiger charge is -2.35. The SMILES string of the molecule is COCCN1C(=O)NC(c2ccc(C)cc2)C(c2nc(-c3cccc(OC)c3)no2)=C1C. The van der Waals surface area contributed by atoms with Gasteiger partial charge in [-0.3, -0.25) is 4.90 Å². The first-order valence-corrected chi connectivity index (χ1v) is 10.3. The van der Waals surface area contributed by atoms with Gasteiger partial charge in [-0.15, -0.1) is 0 Å². The number of allylic oxidation sites excluding steroid dienone is 1. The highest BCUT2D eigenvalue weighted by atomic mass is 16.5. The van der Waals surface area contributed by atoms with Crippen LogP contribution in [0.1, 0.15) is 30.0 Å². The van der Waals surface area contributed by atoms with Crippen molar-refractivity contribution in [3.63, 3.8) is 0 Å². The van der Waals surface area contributed by atoms with E-state index in [0.717, 1.165) is 28.0 Å². The van der Waals surface area contributed by atoms with Gasteiger partial charge in [0.2, 0.25) is 5.82 Å². The zero-order valence-corrected chi connectivity index (χ0v) is 18.6. The highest BCUT2D eigenvalue weighted by Gasteiger charge is 2.35. The lowest BCUT2D eigenvalue weighted by molar-refractivity contribution is 0.158. The predicted octanol–water partition coefficient (Wildman–Crippen LogP) is 4.20. The van der Waals surface area contributed by atoms with E-state index in [9.17, 15) is 4.79 Å². The maximum absolute atomic E-state index is 12.9. The summed E-state index contributed by atoms with van der Waals surface area (Å²) in [7, 11) is 3.22. The molecular formula is C24H26N4O4. The van der Waals surface area contributed by atoms with E-state index < -0.39 is 6.04 Å². The van der Waals surface area contributed by atoms with Crippen LogP contribution in [0, 0.1) is 6.92 Å². The van der Waals surface area contributed by atoms with Crippen molar-refractivity contribution in [3.8, 4) is 17.1 Å². The number of rotatable bonds is 7. The Hall–Kier alpha value is -3.65. The number of urea groups is 1. The Bertz CT molecular complexity index is 1140. The zero-order valence-electron chi connectivity index (χ0n) is 18.6. The molecule has 2 aromatic carbocycles. The molecule has 0 spiro atoms. The predicted molar refractivity (Wildman–Crippen MR) is 120 cm³/mol. The first-order valence-electron chi connectivity index (χ1n) is 10.3. The third kappa shape index (κ3) is 4.22. The Morgan fingerprint density at radius 3 is 2.62 bits per heavy atom. The zero-order chi connectivity index (χ0) is 22.7. The number of nitrogens with zero attached hydrogens (tertiary/aromatic N) is 3. The van der Waals surface area contributed by atoms with Gasteiger partial charge >= 0.3 is 6.03 Å². The molecule has 0 bridgehead atoms. The number of ether oxygens (including phenoxy) is 2. The first-order chi connectivity index (χ1) is 15.5. The average Bonchev–Trinajstić information content (AvgIpc) is 3.29. The highest BCUT2D eigenvalue weighted by Crippen LogP contribution is 2.37. The van der Waals surface area contributed by atoms with Gasteiger partial charge < -0.3 is 19.3 Å². The Morgan fingerprint density at radius 1 is 1.12 bits per heavy atom. The second kappa shape index (κ2) is 9.23. The number of aryl methyl sites for hydroxylation is 1. The maximum atomic E-state index is 12.9. The normalized spacial score (nSPS) is 16.3. The summed E-state index contributed by atoms with van der Waals surface area (Å²) < 4.78 is 16.2. The van der Waals surface area contributed by atoms with E-state index in [2.05, 4.69) is 15.5 Å². The van der Waals surface area contributed by atoms with Gasteiger partial charge in [0.1, 0.15) is 5.75 Å². The van der Waals surface area contributed by atoms with Gasteiger partial charge in [0.15, 0.2) is 0 Å². The van der Waals surface area contributed by atoms with Gasteiger partial charge in [0.25, 0.3) is 5.89 Å². The van der Waals surface area contributed by atoms with E-state index >= 15 is 0 Å². The van der Waals surface area contributed by atoms with E-state index in [1.54, 1.807) is 19.1 Å². The summed E-state index contributed by atoms with van der Waals surface area (Å²) in [4.78, 5) is 19.2. The number of aromatic nitrogens is 2. The minimum atomic E-state index is -0.416. The van der Waals surface area contributed by atoms with Crippen molar-refractivity contribution in [1.82, 2.24) is 20.4 Å². The molecule has 0 fully saturated rings. The lowest BCUT2D eigenvalue weighted by atomic mass is 9.94. The molecule has 1 N–H and O–H groups in total. The summed E-state index contributed by atoms with van der Waals surface area (Å²) in [5.41, 5.74) is 4.35. The van der Waals surface area contributed by atoms with Crippen LogP contribution in [0.3, 0.4) is 0 Å². The number of amides is 2. The topological polar surface area (TPSA) is 89.7 Å². The number of methoxy groups -OCH3 is 2. The molecule has 166 valence electrons. The van der Waals surface area contributed by atoms with Gasteiger partial charge in [-0.1, -0.05) is 47.1 Å². The van der Waals surface area contributed by atoms with Crippen LogP contribution in [0.15, 0.2) is 58.8 Å². The summed E-state index contributed by atoms with van der Waals surface area (Å²) in [6.07, 6.45) is 0. The van der Waals surface area contributed by atoms with Crippen LogP contribution in [0.4, 0.5) is 4.79 Å². The molecule has 8 nitrogen and oxygen atoms in total. The monoisotopic (exact) mass is 434 g/mol. The van der Waals surface area contributed by atoms with Crippen molar-refractivity contribution in [3.05, 3.63) is 71.2 Å². The smallest absolute Gasteiger partial charge is 0.322 e. The molecule has 3 aromatic rings. The van der Waals surface area contributed by atoms with E-state index in [4.69, 9.17) is 14.0 Å². The van der Waals surface area contributed by atoms with Crippen LogP contribution >= 0.6 is 0 Å². The molecule has 1 aliphatic heterocycles. The van der Waals surface area contributed by atoms with E-state index in [0.29, 0.717) is 30.6 Å². The number of hydrogen-bond donors (Lipinski definition) is 1. The van der Waals surface area contributed by atoms with Gasteiger partial charge in [-0.25, -0.2) is 4.79 Å². The number of carbonyl (C=O) groups excluding carboxylic acids is 1. The third-order valence-electron chi connectivity index (χ3n) is 5.51. The van der Waals surface area contributed by atoms with Crippen LogP contribution in [0.5, 0.6) is 5.75 Å². The molecule has 2 heterocycles. The molecule has 4 rings (SSSR count). The third-order valence-corrected chi connectivity index (χ3v) is 5.51. The average molecular weight is 434 g/mol. The summed E-state index contributed by atoms with van der Waals surface area (Å²) in [5, 5.41) is 7.27. The fourth-order valence-electron chi connectivity index (χ4n) is 3.73. The molecule has 0 saturated carbocycles. The number of carbonyl (C=O) groups is 1. The summed E-state index contributed by atoms with van der Waals surface area (Å²) >= 11 is 0. The van der Waals surface area contributed by atoms with E-state index in [1.807, 2.05) is 62.4 Å². The maximum Gasteiger partial charge on any atom is 0.322 e. The molecule has 32 heavy (non-hydrogen) atoms. The molecule has 1 aromatic heterocycles. The van der Waals surface area contributed by atoms with Gasteiger partial charge in [0.05, 0.1) is 31.9 Å². The van der Waals surface area contributed by atoms with Crippen LogP contribution in [-0.4, -0.2) is 48.4 Å². The second-order valence-corrected chi connectivity index (χ2v) is 7.59. The molecule has 0 radical (unpaired) electrons. The molecule has 0 saturated heterocycles. The lowest BCUT2D eigenvalue weighted by Crippen LogP contribution is -2.47. The minimum Gasteiger partial charge on any atom is -0.497 e. The highest BCUT2D eigenvalue weighted by molar-refractivity contribution is 5.86. The Labute approximate surface area is 186 Å². The van der Waals surface area contributed by atoms with Gasteiger partial charge in [0, 0.05) is 18.4 Å². The Balaban J connectivity index is 1.79. The van der Waals surface area contributed by atoms with Crippen molar-refractivity contribution >= 4 is 11.6 Å². The van der Waals surface area contributed by atoms with Crippen LogP contribution < -0.4 is 10.1 Å². The molecule has 2 amide bonds. The molecule has 1 aliphatic rings.